The zero-order valence-electron chi connectivity index (χ0n) is 9.81. The van der Waals surface area contributed by atoms with Gasteiger partial charge >= 0.3 is 0 Å². The Kier molecular flexibility index (Phi) is 3.42. The van der Waals surface area contributed by atoms with Crippen molar-refractivity contribution in [1.29, 1.82) is 0 Å². The topological polar surface area (TPSA) is 16.4 Å². The van der Waals surface area contributed by atoms with Crippen LogP contribution in [0, 0.1) is 0 Å². The van der Waals surface area contributed by atoms with Crippen LogP contribution >= 0.6 is 0 Å². The smallest absolute Gasteiger partial charge is 0.138 e. The van der Waals surface area contributed by atoms with E-state index in [4.69, 9.17) is 4.42 Å². The Labute approximate surface area is 96.2 Å². The maximum Gasteiger partial charge on any atom is 0.138 e. The van der Waals surface area contributed by atoms with Crippen LogP contribution in [0.15, 0.2) is 47.1 Å². The molecule has 0 atom stereocenters. The first kappa shape index (κ1) is 11.0. The van der Waals surface area contributed by atoms with Gasteiger partial charge in [0.2, 0.25) is 0 Å². The molecule has 0 saturated heterocycles. The number of hydrogen-bond acceptors (Lipinski definition) is 2. The lowest BCUT2D eigenvalue weighted by Gasteiger charge is -2.14. The highest BCUT2D eigenvalue weighted by molar-refractivity contribution is 5.80. The van der Waals surface area contributed by atoms with Gasteiger partial charge in [-0.2, -0.15) is 0 Å². The molecule has 0 saturated carbocycles. The summed E-state index contributed by atoms with van der Waals surface area (Å²) in [5.41, 5.74) is 2.25. The van der Waals surface area contributed by atoms with E-state index in [1.54, 1.807) is 6.26 Å². The summed E-state index contributed by atoms with van der Waals surface area (Å²) in [7, 11) is 2.11. The molecule has 0 fully saturated rings. The molecule has 2 nitrogen and oxygen atoms in total. The van der Waals surface area contributed by atoms with Crippen LogP contribution in [-0.4, -0.2) is 18.5 Å². The monoisotopic (exact) mass is 215 g/mol. The summed E-state index contributed by atoms with van der Waals surface area (Å²) in [5, 5.41) is 1.18. The van der Waals surface area contributed by atoms with Gasteiger partial charge in [0.25, 0.3) is 0 Å². The Morgan fingerprint density at radius 1 is 1.31 bits per heavy atom. The number of benzene rings is 1. The fourth-order valence-corrected chi connectivity index (χ4v) is 1.82. The van der Waals surface area contributed by atoms with Crippen molar-refractivity contribution in [2.45, 2.75) is 13.5 Å². The number of para-hydroxylation sites is 1. The van der Waals surface area contributed by atoms with Crippen LogP contribution in [-0.2, 0) is 6.54 Å². The summed E-state index contributed by atoms with van der Waals surface area (Å²) < 4.78 is 5.51. The average Bonchev–Trinajstić information content (AvgIpc) is 2.75. The number of fused-ring (bicyclic) bond motifs is 1. The van der Waals surface area contributed by atoms with Gasteiger partial charge in [-0.15, -0.1) is 0 Å². The van der Waals surface area contributed by atoms with Gasteiger partial charge in [0, 0.05) is 24.0 Å². The van der Waals surface area contributed by atoms with Crippen LogP contribution in [0.4, 0.5) is 0 Å². The van der Waals surface area contributed by atoms with E-state index in [0.29, 0.717) is 0 Å². The normalized spacial score (nSPS) is 11.9. The molecule has 1 aromatic carbocycles. The van der Waals surface area contributed by atoms with E-state index in [9.17, 15) is 0 Å². The molecule has 1 heterocycles. The number of likely N-dealkylation sites (N-methyl/N-ethyl adjacent to an activating group) is 1. The largest absolute Gasteiger partial charge is 0.464 e. The van der Waals surface area contributed by atoms with Crippen LogP contribution in [0.1, 0.15) is 12.5 Å². The van der Waals surface area contributed by atoms with Gasteiger partial charge in [-0.05, 0) is 20.0 Å². The third-order valence-electron chi connectivity index (χ3n) is 2.65. The molecule has 0 aliphatic rings. The third kappa shape index (κ3) is 2.34. The van der Waals surface area contributed by atoms with Crippen molar-refractivity contribution < 1.29 is 4.42 Å². The Morgan fingerprint density at radius 2 is 2.19 bits per heavy atom. The zero-order chi connectivity index (χ0) is 11.4. The lowest BCUT2D eigenvalue weighted by atomic mass is 10.1. The van der Waals surface area contributed by atoms with E-state index in [1.807, 2.05) is 13.0 Å². The number of furan rings is 1. The first-order chi connectivity index (χ1) is 7.81. The second kappa shape index (κ2) is 4.99. The molecular weight excluding hydrogens is 198 g/mol. The standard InChI is InChI=1S/C14H17NO/c1-3-4-9-15(2)11-13-7-5-6-12-8-10-16-14(12)13/h3-8,10H,9,11H2,1-2H3/b4-3+. The summed E-state index contributed by atoms with van der Waals surface area (Å²) in [6.07, 6.45) is 5.98. The summed E-state index contributed by atoms with van der Waals surface area (Å²) in [5.74, 6) is 0. The number of hydrogen-bond donors (Lipinski definition) is 0. The van der Waals surface area contributed by atoms with Gasteiger partial charge < -0.3 is 4.42 Å². The van der Waals surface area contributed by atoms with E-state index < -0.39 is 0 Å². The molecule has 0 bridgehead atoms. The SMILES string of the molecule is C/C=C/CN(C)Cc1cccc2ccoc12. The maximum atomic E-state index is 5.51. The van der Waals surface area contributed by atoms with E-state index in [-0.39, 0.29) is 0 Å². The van der Waals surface area contributed by atoms with Crippen LogP contribution in [0.5, 0.6) is 0 Å². The number of allylic oxidation sites excluding steroid dienone is 1. The van der Waals surface area contributed by atoms with Crippen LogP contribution in [0.2, 0.25) is 0 Å². The second-order valence-corrected chi connectivity index (χ2v) is 4.02. The van der Waals surface area contributed by atoms with Gasteiger partial charge in [-0.1, -0.05) is 30.4 Å². The fraction of sp³-hybridized carbons (Fsp3) is 0.286. The molecule has 84 valence electrons. The Hall–Kier alpha value is -1.54. The summed E-state index contributed by atoms with van der Waals surface area (Å²) in [4.78, 5) is 2.26. The molecular formula is C14H17NO. The summed E-state index contributed by atoms with van der Waals surface area (Å²) in [6.45, 7) is 3.92. The molecule has 0 spiro atoms. The predicted molar refractivity (Wildman–Crippen MR) is 67.4 cm³/mol. The summed E-state index contributed by atoms with van der Waals surface area (Å²) in [6, 6.07) is 8.29. The molecule has 0 unspecified atom stereocenters. The highest BCUT2D eigenvalue weighted by Crippen LogP contribution is 2.20. The minimum Gasteiger partial charge on any atom is -0.464 e. The Bertz CT molecular complexity index is 484. The van der Waals surface area contributed by atoms with E-state index >= 15 is 0 Å². The number of rotatable bonds is 4. The maximum absolute atomic E-state index is 5.51. The molecule has 0 aliphatic carbocycles. The molecule has 1 aromatic heterocycles. The highest BCUT2D eigenvalue weighted by Gasteiger charge is 2.05. The van der Waals surface area contributed by atoms with Crippen molar-refractivity contribution in [2.24, 2.45) is 0 Å². The van der Waals surface area contributed by atoms with Crippen molar-refractivity contribution in [3.05, 3.63) is 48.2 Å². The highest BCUT2D eigenvalue weighted by atomic mass is 16.3. The first-order valence-corrected chi connectivity index (χ1v) is 5.56. The minimum atomic E-state index is 0.912. The lowest BCUT2D eigenvalue weighted by Crippen LogP contribution is -2.17. The van der Waals surface area contributed by atoms with Gasteiger partial charge in [-0.25, -0.2) is 0 Å². The summed E-state index contributed by atoms with van der Waals surface area (Å²) >= 11 is 0. The van der Waals surface area contributed by atoms with Gasteiger partial charge in [0.05, 0.1) is 6.26 Å². The number of nitrogens with zero attached hydrogens (tertiary/aromatic N) is 1. The van der Waals surface area contributed by atoms with E-state index in [2.05, 4.69) is 42.3 Å². The van der Waals surface area contributed by atoms with E-state index in [1.165, 1.54) is 10.9 Å². The third-order valence-corrected chi connectivity index (χ3v) is 2.65. The Balaban J connectivity index is 2.17. The molecule has 0 radical (unpaired) electrons. The van der Waals surface area contributed by atoms with E-state index in [0.717, 1.165) is 18.7 Å². The zero-order valence-corrected chi connectivity index (χ0v) is 9.81. The van der Waals surface area contributed by atoms with Crippen LogP contribution < -0.4 is 0 Å². The molecule has 2 rings (SSSR count). The van der Waals surface area contributed by atoms with Crippen molar-refractivity contribution >= 4 is 11.0 Å². The van der Waals surface area contributed by atoms with Gasteiger partial charge in [0.15, 0.2) is 0 Å². The van der Waals surface area contributed by atoms with Gasteiger partial charge in [-0.3, -0.25) is 4.90 Å². The lowest BCUT2D eigenvalue weighted by molar-refractivity contribution is 0.362. The minimum absolute atomic E-state index is 0.912. The Morgan fingerprint density at radius 3 is 3.00 bits per heavy atom. The molecule has 0 amide bonds. The molecule has 2 aromatic rings. The second-order valence-electron chi connectivity index (χ2n) is 4.02. The van der Waals surface area contributed by atoms with Crippen molar-refractivity contribution in [1.82, 2.24) is 4.90 Å². The van der Waals surface area contributed by atoms with Crippen LogP contribution in [0.25, 0.3) is 11.0 Å². The molecule has 0 aliphatic heterocycles. The first-order valence-electron chi connectivity index (χ1n) is 5.56. The average molecular weight is 215 g/mol. The van der Waals surface area contributed by atoms with Crippen molar-refractivity contribution in [3.8, 4) is 0 Å². The quantitative estimate of drug-likeness (QED) is 0.726. The molecule has 2 heteroatoms. The fourth-order valence-electron chi connectivity index (χ4n) is 1.82. The molecule has 0 N–H and O–H groups in total. The van der Waals surface area contributed by atoms with Crippen LogP contribution in [0.3, 0.4) is 0 Å². The van der Waals surface area contributed by atoms with Crippen molar-refractivity contribution in [2.75, 3.05) is 13.6 Å². The van der Waals surface area contributed by atoms with Crippen molar-refractivity contribution in [3.63, 3.8) is 0 Å². The molecule has 16 heavy (non-hydrogen) atoms. The predicted octanol–water partition coefficient (Wildman–Crippen LogP) is 3.44. The van der Waals surface area contributed by atoms with Gasteiger partial charge in [0.1, 0.15) is 5.58 Å².